The fraction of sp³-hybridized carbons (Fsp3) is 0. The summed E-state index contributed by atoms with van der Waals surface area (Å²) in [5, 5.41) is 9.73. The van der Waals surface area contributed by atoms with Gasteiger partial charge in [0.1, 0.15) is 10.1 Å². The standard InChI is InChI=1S/C9H6ClN3S/c10-7-4-5-9(13-12-7)14-8-3-1-2-6-11-8/h1-6H. The first-order valence-corrected chi connectivity index (χ1v) is 5.12. The molecule has 2 aromatic heterocycles. The van der Waals surface area contributed by atoms with Gasteiger partial charge in [0, 0.05) is 6.20 Å². The van der Waals surface area contributed by atoms with Crippen LogP contribution in [0.1, 0.15) is 0 Å². The summed E-state index contributed by atoms with van der Waals surface area (Å²) in [6.45, 7) is 0. The van der Waals surface area contributed by atoms with E-state index in [4.69, 9.17) is 11.6 Å². The zero-order chi connectivity index (χ0) is 9.80. The lowest BCUT2D eigenvalue weighted by Crippen LogP contribution is -1.85. The summed E-state index contributed by atoms with van der Waals surface area (Å²) in [6.07, 6.45) is 1.74. The lowest BCUT2D eigenvalue weighted by Gasteiger charge is -1.97. The molecule has 0 aromatic carbocycles. The van der Waals surface area contributed by atoms with Crippen molar-refractivity contribution in [1.29, 1.82) is 0 Å². The summed E-state index contributed by atoms with van der Waals surface area (Å²) >= 11 is 7.07. The van der Waals surface area contributed by atoms with Gasteiger partial charge in [-0.15, -0.1) is 10.2 Å². The highest BCUT2D eigenvalue weighted by molar-refractivity contribution is 7.99. The molecule has 2 aromatic rings. The Morgan fingerprint density at radius 2 is 1.93 bits per heavy atom. The first-order chi connectivity index (χ1) is 6.84. The predicted octanol–water partition coefficient (Wildman–Crippen LogP) is 2.68. The summed E-state index contributed by atoms with van der Waals surface area (Å²) in [6, 6.07) is 9.24. The van der Waals surface area contributed by atoms with Crippen LogP contribution < -0.4 is 0 Å². The molecule has 0 aliphatic rings. The van der Waals surface area contributed by atoms with Gasteiger partial charge in [0.15, 0.2) is 5.15 Å². The van der Waals surface area contributed by atoms with Crippen molar-refractivity contribution in [3.05, 3.63) is 41.7 Å². The molecule has 0 atom stereocenters. The van der Waals surface area contributed by atoms with Crippen LogP contribution in [0.5, 0.6) is 0 Å². The van der Waals surface area contributed by atoms with E-state index in [1.165, 1.54) is 11.8 Å². The zero-order valence-electron chi connectivity index (χ0n) is 7.09. The smallest absolute Gasteiger partial charge is 0.151 e. The van der Waals surface area contributed by atoms with Crippen molar-refractivity contribution in [1.82, 2.24) is 15.2 Å². The van der Waals surface area contributed by atoms with Crippen LogP contribution in [0.3, 0.4) is 0 Å². The number of pyridine rings is 1. The van der Waals surface area contributed by atoms with Crippen molar-refractivity contribution in [3.63, 3.8) is 0 Å². The molecule has 2 heterocycles. The molecule has 0 aliphatic carbocycles. The van der Waals surface area contributed by atoms with Gasteiger partial charge in [0.05, 0.1) is 0 Å². The third kappa shape index (κ3) is 2.43. The average Bonchev–Trinajstić information content (AvgIpc) is 2.23. The van der Waals surface area contributed by atoms with E-state index in [0.29, 0.717) is 5.15 Å². The summed E-state index contributed by atoms with van der Waals surface area (Å²) in [7, 11) is 0. The third-order valence-corrected chi connectivity index (χ3v) is 2.53. The molecule has 5 heteroatoms. The van der Waals surface area contributed by atoms with Crippen LogP contribution in [0.15, 0.2) is 46.6 Å². The predicted molar refractivity (Wildman–Crippen MR) is 55.4 cm³/mol. The van der Waals surface area contributed by atoms with Gasteiger partial charge in [-0.05, 0) is 36.0 Å². The fourth-order valence-electron chi connectivity index (χ4n) is 0.873. The van der Waals surface area contributed by atoms with Crippen LogP contribution >= 0.6 is 23.4 Å². The van der Waals surface area contributed by atoms with E-state index in [0.717, 1.165) is 10.1 Å². The zero-order valence-corrected chi connectivity index (χ0v) is 8.66. The Balaban J connectivity index is 2.16. The third-order valence-electron chi connectivity index (χ3n) is 1.45. The summed E-state index contributed by atoms with van der Waals surface area (Å²) in [4.78, 5) is 4.16. The number of nitrogens with zero attached hydrogens (tertiary/aromatic N) is 3. The molecule has 3 nitrogen and oxygen atoms in total. The van der Waals surface area contributed by atoms with E-state index >= 15 is 0 Å². The molecule has 0 N–H and O–H groups in total. The molecule has 70 valence electrons. The average molecular weight is 224 g/mol. The van der Waals surface area contributed by atoms with Crippen LogP contribution in [0.2, 0.25) is 5.15 Å². The second kappa shape index (κ2) is 4.39. The number of halogens is 1. The van der Waals surface area contributed by atoms with Gasteiger partial charge in [-0.25, -0.2) is 4.98 Å². The van der Waals surface area contributed by atoms with Crippen LogP contribution in [0.25, 0.3) is 0 Å². The second-order valence-electron chi connectivity index (χ2n) is 2.46. The van der Waals surface area contributed by atoms with E-state index < -0.39 is 0 Å². The molecular weight excluding hydrogens is 218 g/mol. The number of hydrogen-bond acceptors (Lipinski definition) is 4. The fourth-order valence-corrected chi connectivity index (χ4v) is 1.67. The summed E-state index contributed by atoms with van der Waals surface area (Å²) < 4.78 is 0. The van der Waals surface area contributed by atoms with Gasteiger partial charge < -0.3 is 0 Å². The second-order valence-corrected chi connectivity index (χ2v) is 3.89. The normalized spacial score (nSPS) is 10.1. The first-order valence-electron chi connectivity index (χ1n) is 3.93. The van der Waals surface area contributed by atoms with Crippen molar-refractivity contribution < 1.29 is 0 Å². The van der Waals surface area contributed by atoms with Crippen molar-refractivity contribution in [2.45, 2.75) is 10.1 Å². The van der Waals surface area contributed by atoms with E-state index in [9.17, 15) is 0 Å². The highest BCUT2D eigenvalue weighted by atomic mass is 35.5. The number of aromatic nitrogens is 3. The van der Waals surface area contributed by atoms with Gasteiger partial charge in [0.25, 0.3) is 0 Å². The Hall–Kier alpha value is -1.13. The Labute approximate surface area is 90.5 Å². The summed E-state index contributed by atoms with van der Waals surface area (Å²) in [5.74, 6) is 0. The van der Waals surface area contributed by atoms with Crippen LogP contribution in [0.4, 0.5) is 0 Å². The topological polar surface area (TPSA) is 38.7 Å². The largest absolute Gasteiger partial charge is 0.250 e. The SMILES string of the molecule is Clc1ccc(Sc2ccccn2)nn1. The monoisotopic (exact) mass is 223 g/mol. The highest BCUT2D eigenvalue weighted by Crippen LogP contribution is 2.23. The van der Waals surface area contributed by atoms with Gasteiger partial charge in [-0.1, -0.05) is 17.7 Å². The van der Waals surface area contributed by atoms with Gasteiger partial charge in [-0.2, -0.15) is 0 Å². The lowest BCUT2D eigenvalue weighted by molar-refractivity contribution is 0.927. The molecule has 0 aliphatic heterocycles. The maximum atomic E-state index is 5.62. The van der Waals surface area contributed by atoms with Crippen molar-refractivity contribution in [2.75, 3.05) is 0 Å². The van der Waals surface area contributed by atoms with Gasteiger partial charge in [-0.3, -0.25) is 0 Å². The maximum absolute atomic E-state index is 5.62. The van der Waals surface area contributed by atoms with Gasteiger partial charge in [0.2, 0.25) is 0 Å². The molecule has 0 bridgehead atoms. The Bertz CT molecular complexity index is 404. The molecule has 0 saturated carbocycles. The minimum atomic E-state index is 0.398. The molecular formula is C9H6ClN3S. The Morgan fingerprint density at radius 3 is 2.57 bits per heavy atom. The molecule has 0 saturated heterocycles. The minimum absolute atomic E-state index is 0.398. The molecule has 0 amide bonds. The van der Waals surface area contributed by atoms with E-state index in [1.807, 2.05) is 24.3 Å². The molecule has 0 radical (unpaired) electrons. The molecule has 0 unspecified atom stereocenters. The van der Waals surface area contributed by atoms with E-state index in [2.05, 4.69) is 15.2 Å². The van der Waals surface area contributed by atoms with Crippen LogP contribution in [-0.4, -0.2) is 15.2 Å². The van der Waals surface area contributed by atoms with Crippen LogP contribution in [0, 0.1) is 0 Å². The van der Waals surface area contributed by atoms with Crippen molar-refractivity contribution in [2.24, 2.45) is 0 Å². The van der Waals surface area contributed by atoms with Crippen LogP contribution in [-0.2, 0) is 0 Å². The van der Waals surface area contributed by atoms with Gasteiger partial charge >= 0.3 is 0 Å². The molecule has 0 spiro atoms. The van der Waals surface area contributed by atoms with E-state index in [1.54, 1.807) is 12.3 Å². The Morgan fingerprint density at radius 1 is 1.00 bits per heavy atom. The van der Waals surface area contributed by atoms with Crippen molar-refractivity contribution >= 4 is 23.4 Å². The molecule has 14 heavy (non-hydrogen) atoms. The summed E-state index contributed by atoms with van der Waals surface area (Å²) in [5.41, 5.74) is 0. The first kappa shape index (κ1) is 9.43. The minimum Gasteiger partial charge on any atom is -0.250 e. The number of rotatable bonds is 2. The highest BCUT2D eigenvalue weighted by Gasteiger charge is 1.99. The lowest BCUT2D eigenvalue weighted by atomic mass is 10.5. The van der Waals surface area contributed by atoms with E-state index in [-0.39, 0.29) is 0 Å². The molecule has 2 rings (SSSR count). The number of hydrogen-bond donors (Lipinski definition) is 0. The maximum Gasteiger partial charge on any atom is 0.151 e. The Kier molecular flexibility index (Phi) is 2.96. The molecule has 0 fully saturated rings. The van der Waals surface area contributed by atoms with Crippen molar-refractivity contribution in [3.8, 4) is 0 Å². The quantitative estimate of drug-likeness (QED) is 0.785.